The van der Waals surface area contributed by atoms with E-state index in [0.29, 0.717) is 24.8 Å². The van der Waals surface area contributed by atoms with Gasteiger partial charge in [0.15, 0.2) is 5.54 Å². The number of carbonyl (C=O) groups excluding carboxylic acids is 3. The lowest BCUT2D eigenvalue weighted by molar-refractivity contribution is -0.179. The van der Waals surface area contributed by atoms with Gasteiger partial charge in [0.2, 0.25) is 5.91 Å². The van der Waals surface area contributed by atoms with Crippen molar-refractivity contribution in [3.8, 4) is 6.07 Å². The van der Waals surface area contributed by atoms with Crippen LogP contribution in [0.4, 0.5) is 18.0 Å². The zero-order valence-electron chi connectivity index (χ0n) is 18.1. The number of nitriles is 1. The van der Waals surface area contributed by atoms with Crippen molar-refractivity contribution in [3.63, 3.8) is 0 Å². The molecule has 8 nitrogen and oxygen atoms in total. The van der Waals surface area contributed by atoms with Crippen molar-refractivity contribution >= 4 is 17.8 Å². The summed E-state index contributed by atoms with van der Waals surface area (Å²) in [5.74, 6) is -0.771. The molecule has 4 amide bonds. The van der Waals surface area contributed by atoms with E-state index in [1.807, 2.05) is 0 Å². The molecule has 1 aromatic rings. The number of hydrogen-bond acceptors (Lipinski definition) is 4. The van der Waals surface area contributed by atoms with E-state index >= 15 is 0 Å². The van der Waals surface area contributed by atoms with Gasteiger partial charge in [-0.25, -0.2) is 4.79 Å². The second-order valence-electron chi connectivity index (χ2n) is 8.84. The Hall–Kier alpha value is -3.29. The monoisotopic (exact) mass is 463 g/mol. The number of benzene rings is 1. The molecule has 0 bridgehead atoms. The van der Waals surface area contributed by atoms with Crippen LogP contribution in [0.2, 0.25) is 0 Å². The molecule has 2 unspecified atom stereocenters. The lowest BCUT2D eigenvalue weighted by atomic mass is 9.82. The van der Waals surface area contributed by atoms with Gasteiger partial charge >= 0.3 is 12.2 Å². The number of halogens is 3. The first-order valence-corrected chi connectivity index (χ1v) is 10.7. The number of nitrogens with one attached hydrogen (secondary N) is 1. The lowest BCUT2D eigenvalue weighted by Gasteiger charge is -2.58. The third-order valence-corrected chi connectivity index (χ3v) is 6.84. The van der Waals surface area contributed by atoms with Gasteiger partial charge in [-0.3, -0.25) is 9.59 Å². The highest BCUT2D eigenvalue weighted by molar-refractivity contribution is 6.00. The summed E-state index contributed by atoms with van der Waals surface area (Å²) in [6, 6.07) is 6.11. The van der Waals surface area contributed by atoms with Gasteiger partial charge in [-0.1, -0.05) is 12.1 Å². The van der Waals surface area contributed by atoms with E-state index in [0.717, 1.165) is 12.1 Å². The molecular weight excluding hydrogens is 439 g/mol. The molecule has 0 radical (unpaired) electrons. The summed E-state index contributed by atoms with van der Waals surface area (Å²) in [6.07, 6.45) is -2.68. The standard InChI is InChI=1S/C22H24F3N5O3/c1-27-20(33)28-12-21(13-28)19(32)29(17-7-4-15(8-17)9-26)11-18(31)30(21)10-14-2-5-16(6-3-14)22(23,24)25/h2-3,5-6,15,17H,4,7-8,10-13H2,1H3,(H,27,33). The van der Waals surface area contributed by atoms with E-state index in [9.17, 15) is 32.8 Å². The molecule has 2 aliphatic heterocycles. The van der Waals surface area contributed by atoms with Crippen LogP contribution in [0.1, 0.15) is 30.4 Å². The largest absolute Gasteiger partial charge is 0.416 e. The van der Waals surface area contributed by atoms with Crippen LogP contribution in [0.3, 0.4) is 0 Å². The molecule has 11 heteroatoms. The van der Waals surface area contributed by atoms with Gasteiger partial charge < -0.3 is 20.0 Å². The summed E-state index contributed by atoms with van der Waals surface area (Å²) in [4.78, 5) is 43.3. The fraction of sp³-hybridized carbons (Fsp3) is 0.545. The Kier molecular flexibility index (Phi) is 5.72. The summed E-state index contributed by atoms with van der Waals surface area (Å²) in [6.45, 7) is -0.181. The van der Waals surface area contributed by atoms with Gasteiger partial charge in [0, 0.05) is 25.6 Å². The van der Waals surface area contributed by atoms with E-state index in [4.69, 9.17) is 0 Å². The van der Waals surface area contributed by atoms with Crippen LogP contribution in [0, 0.1) is 17.2 Å². The van der Waals surface area contributed by atoms with Crippen molar-refractivity contribution in [2.24, 2.45) is 5.92 Å². The molecule has 33 heavy (non-hydrogen) atoms. The van der Waals surface area contributed by atoms with Crippen LogP contribution in [0.25, 0.3) is 0 Å². The minimum atomic E-state index is -4.47. The third kappa shape index (κ3) is 3.98. The minimum absolute atomic E-state index is 0.00276. The van der Waals surface area contributed by atoms with Crippen molar-refractivity contribution in [1.82, 2.24) is 20.0 Å². The summed E-state index contributed by atoms with van der Waals surface area (Å²) in [5.41, 5.74) is -1.60. The first-order chi connectivity index (χ1) is 15.6. The molecule has 2 saturated heterocycles. The number of carbonyl (C=O) groups is 3. The molecule has 3 fully saturated rings. The van der Waals surface area contributed by atoms with Crippen LogP contribution in [-0.4, -0.2) is 70.8 Å². The maximum absolute atomic E-state index is 13.6. The van der Waals surface area contributed by atoms with Crippen molar-refractivity contribution in [2.45, 2.75) is 43.6 Å². The predicted octanol–water partition coefficient (Wildman–Crippen LogP) is 1.96. The van der Waals surface area contributed by atoms with Gasteiger partial charge in [0.1, 0.15) is 6.54 Å². The zero-order valence-corrected chi connectivity index (χ0v) is 18.1. The van der Waals surface area contributed by atoms with E-state index in [-0.39, 0.29) is 56.0 Å². The molecular formula is C22H24F3N5O3. The number of piperazine rings is 1. The Morgan fingerprint density at radius 1 is 1.21 bits per heavy atom. The average molecular weight is 463 g/mol. The smallest absolute Gasteiger partial charge is 0.341 e. The van der Waals surface area contributed by atoms with Crippen molar-refractivity contribution in [3.05, 3.63) is 35.4 Å². The first kappa shape index (κ1) is 22.9. The first-order valence-electron chi connectivity index (χ1n) is 10.7. The van der Waals surface area contributed by atoms with E-state index in [2.05, 4.69) is 11.4 Å². The SMILES string of the molecule is CNC(=O)N1CC2(C1)C(=O)N(C1CCC(C#N)C1)CC(=O)N2Cc1ccc(C(F)(F)F)cc1. The molecule has 0 aromatic heterocycles. The minimum Gasteiger partial charge on any atom is -0.341 e. The maximum Gasteiger partial charge on any atom is 0.416 e. The molecule has 1 aromatic carbocycles. The quantitative estimate of drug-likeness (QED) is 0.741. The van der Waals surface area contributed by atoms with Gasteiger partial charge in [-0.15, -0.1) is 0 Å². The molecule has 1 N–H and O–H groups in total. The molecule has 4 rings (SSSR count). The van der Waals surface area contributed by atoms with E-state index in [1.165, 1.54) is 33.9 Å². The second kappa shape index (κ2) is 8.24. The summed E-state index contributed by atoms with van der Waals surface area (Å²) >= 11 is 0. The zero-order chi connectivity index (χ0) is 24.0. The van der Waals surface area contributed by atoms with Gasteiger partial charge in [-0.05, 0) is 37.0 Å². The number of nitrogens with zero attached hydrogens (tertiary/aromatic N) is 4. The molecule has 1 spiro atoms. The molecule has 2 atom stereocenters. The second-order valence-corrected chi connectivity index (χ2v) is 8.84. The highest BCUT2D eigenvalue weighted by atomic mass is 19.4. The maximum atomic E-state index is 13.6. The normalized spacial score (nSPS) is 24.6. The Balaban J connectivity index is 1.59. The topological polar surface area (TPSA) is 96.7 Å². The highest BCUT2D eigenvalue weighted by Crippen LogP contribution is 2.39. The third-order valence-electron chi connectivity index (χ3n) is 6.84. The van der Waals surface area contributed by atoms with E-state index < -0.39 is 17.3 Å². The van der Waals surface area contributed by atoms with Gasteiger partial charge in [0.25, 0.3) is 5.91 Å². The fourth-order valence-corrected chi connectivity index (χ4v) is 4.99. The Labute approximate surface area is 188 Å². The Morgan fingerprint density at radius 2 is 1.88 bits per heavy atom. The molecule has 2 heterocycles. The summed E-state index contributed by atoms with van der Waals surface area (Å²) < 4.78 is 38.7. The summed E-state index contributed by atoms with van der Waals surface area (Å²) in [7, 11) is 1.47. The fourth-order valence-electron chi connectivity index (χ4n) is 4.99. The molecule has 3 aliphatic rings. The van der Waals surface area contributed by atoms with Gasteiger partial charge in [0.05, 0.1) is 24.7 Å². The number of alkyl halides is 3. The van der Waals surface area contributed by atoms with Crippen molar-refractivity contribution in [2.75, 3.05) is 26.7 Å². The number of hydrogen-bond donors (Lipinski definition) is 1. The van der Waals surface area contributed by atoms with Crippen LogP contribution >= 0.6 is 0 Å². The molecule has 1 saturated carbocycles. The molecule has 1 aliphatic carbocycles. The Bertz CT molecular complexity index is 998. The highest BCUT2D eigenvalue weighted by Gasteiger charge is 2.61. The van der Waals surface area contributed by atoms with Crippen LogP contribution in [-0.2, 0) is 22.3 Å². The number of rotatable bonds is 3. The summed E-state index contributed by atoms with van der Waals surface area (Å²) in [5, 5.41) is 11.7. The van der Waals surface area contributed by atoms with Crippen LogP contribution < -0.4 is 5.32 Å². The number of likely N-dealkylation sites (tertiary alicyclic amines) is 1. The lowest BCUT2D eigenvalue weighted by Crippen LogP contribution is -2.82. The van der Waals surface area contributed by atoms with E-state index in [1.54, 1.807) is 0 Å². The molecule has 176 valence electrons. The number of amides is 4. The Morgan fingerprint density at radius 3 is 2.42 bits per heavy atom. The van der Waals surface area contributed by atoms with Crippen LogP contribution in [0.5, 0.6) is 0 Å². The number of urea groups is 1. The van der Waals surface area contributed by atoms with Crippen LogP contribution in [0.15, 0.2) is 24.3 Å². The van der Waals surface area contributed by atoms with Crippen molar-refractivity contribution < 1.29 is 27.6 Å². The average Bonchev–Trinajstić information content (AvgIpc) is 3.23. The van der Waals surface area contributed by atoms with Gasteiger partial charge in [-0.2, -0.15) is 18.4 Å². The predicted molar refractivity (Wildman–Crippen MR) is 109 cm³/mol. The van der Waals surface area contributed by atoms with Crippen molar-refractivity contribution in [1.29, 1.82) is 5.26 Å².